The molecule has 16 heavy (non-hydrogen) atoms. The lowest BCUT2D eigenvalue weighted by molar-refractivity contribution is -0.134. The maximum atomic E-state index is 11.3. The van der Waals surface area contributed by atoms with Crippen molar-refractivity contribution in [1.82, 2.24) is 0 Å². The molecule has 0 bridgehead atoms. The summed E-state index contributed by atoms with van der Waals surface area (Å²) in [6.07, 6.45) is 0.860. The Hall–Kier alpha value is -0.930. The van der Waals surface area contributed by atoms with E-state index in [9.17, 15) is 4.79 Å². The first-order valence-corrected chi connectivity index (χ1v) is 5.69. The Morgan fingerprint density at radius 2 is 2.19 bits per heavy atom. The lowest BCUT2D eigenvalue weighted by atomic mass is 10.3. The molecule has 88 valence electrons. The van der Waals surface area contributed by atoms with Crippen LogP contribution in [0, 0.1) is 0 Å². The molecule has 0 radical (unpaired) electrons. The third kappa shape index (κ3) is 3.91. The molecule has 0 aliphatic carbocycles. The van der Waals surface area contributed by atoms with Crippen molar-refractivity contribution in [2.75, 3.05) is 13.0 Å². The van der Waals surface area contributed by atoms with E-state index < -0.39 is 0 Å². The summed E-state index contributed by atoms with van der Waals surface area (Å²) in [6.45, 7) is 0. The number of methoxy groups -OCH3 is 1. The van der Waals surface area contributed by atoms with Crippen LogP contribution in [0.2, 0.25) is 5.02 Å². The van der Waals surface area contributed by atoms with Crippen molar-refractivity contribution < 1.29 is 14.3 Å². The number of rotatable bonds is 5. The Kier molecular flexibility index (Phi) is 5.43. The fourth-order valence-corrected chi connectivity index (χ4v) is 1.36. The van der Waals surface area contributed by atoms with Crippen molar-refractivity contribution >= 4 is 29.2 Å². The molecule has 0 aliphatic heterocycles. The molecule has 0 fully saturated rings. The number of benzene rings is 1. The van der Waals surface area contributed by atoms with Gasteiger partial charge in [-0.3, -0.25) is 4.79 Å². The third-order valence-electron chi connectivity index (χ3n) is 1.88. The van der Waals surface area contributed by atoms with Gasteiger partial charge in [0.25, 0.3) is 0 Å². The molecule has 0 aliphatic rings. The fourth-order valence-electron chi connectivity index (χ4n) is 1.07. The Bertz CT molecular complexity index is 366. The summed E-state index contributed by atoms with van der Waals surface area (Å²) in [5.41, 5.74) is 0. The molecule has 0 amide bonds. The van der Waals surface area contributed by atoms with Crippen LogP contribution in [0.15, 0.2) is 18.2 Å². The van der Waals surface area contributed by atoms with Gasteiger partial charge in [-0.1, -0.05) is 11.6 Å². The summed E-state index contributed by atoms with van der Waals surface area (Å²) >= 11 is 11.3. The first kappa shape index (κ1) is 13.1. The van der Waals surface area contributed by atoms with Gasteiger partial charge in [0.1, 0.15) is 5.75 Å². The predicted octanol–water partition coefficient (Wildman–Crippen LogP) is 3.27. The first-order chi connectivity index (χ1) is 7.67. The molecule has 0 aromatic heterocycles. The van der Waals surface area contributed by atoms with Gasteiger partial charge in [0.05, 0.1) is 12.1 Å². The zero-order chi connectivity index (χ0) is 12.0. The van der Waals surface area contributed by atoms with Crippen LogP contribution in [0.3, 0.4) is 0 Å². The van der Waals surface area contributed by atoms with Crippen LogP contribution >= 0.6 is 23.2 Å². The number of hydrogen-bond acceptors (Lipinski definition) is 3. The average molecular weight is 263 g/mol. The van der Waals surface area contributed by atoms with Gasteiger partial charge < -0.3 is 9.47 Å². The highest BCUT2D eigenvalue weighted by Gasteiger charge is 2.09. The summed E-state index contributed by atoms with van der Waals surface area (Å²) < 4.78 is 10.1. The highest BCUT2D eigenvalue weighted by molar-refractivity contribution is 6.32. The van der Waals surface area contributed by atoms with Gasteiger partial charge in [0.15, 0.2) is 5.75 Å². The standard InChI is InChI=1S/C11H12Cl2O3/c1-15-8-4-5-9(13)10(7-8)16-11(14)3-2-6-12/h4-5,7H,2-3,6H2,1H3. The van der Waals surface area contributed by atoms with E-state index in [4.69, 9.17) is 32.7 Å². The molecule has 1 rings (SSSR count). The van der Waals surface area contributed by atoms with Crippen LogP contribution in [0.4, 0.5) is 0 Å². The predicted molar refractivity (Wildman–Crippen MR) is 63.6 cm³/mol. The van der Waals surface area contributed by atoms with Gasteiger partial charge in [0, 0.05) is 18.4 Å². The highest BCUT2D eigenvalue weighted by Crippen LogP contribution is 2.29. The van der Waals surface area contributed by atoms with Crippen molar-refractivity contribution in [1.29, 1.82) is 0 Å². The molecule has 0 atom stereocenters. The maximum absolute atomic E-state index is 11.3. The molecule has 1 aromatic rings. The van der Waals surface area contributed by atoms with Gasteiger partial charge in [-0.05, 0) is 18.6 Å². The molecule has 1 aromatic carbocycles. The van der Waals surface area contributed by atoms with E-state index in [0.717, 1.165) is 0 Å². The number of hydrogen-bond donors (Lipinski definition) is 0. The van der Waals surface area contributed by atoms with Crippen LogP contribution in [0.5, 0.6) is 11.5 Å². The summed E-state index contributed by atoms with van der Waals surface area (Å²) in [5, 5.41) is 0.375. The van der Waals surface area contributed by atoms with Crippen LogP contribution < -0.4 is 9.47 Å². The summed E-state index contributed by atoms with van der Waals surface area (Å²) in [4.78, 5) is 11.3. The van der Waals surface area contributed by atoms with Gasteiger partial charge in [-0.2, -0.15) is 0 Å². The second-order valence-electron chi connectivity index (χ2n) is 3.06. The van der Waals surface area contributed by atoms with E-state index in [1.807, 2.05) is 0 Å². The van der Waals surface area contributed by atoms with Crippen molar-refractivity contribution in [2.45, 2.75) is 12.8 Å². The number of alkyl halides is 1. The normalized spacial score (nSPS) is 9.94. The van der Waals surface area contributed by atoms with Crippen molar-refractivity contribution in [3.8, 4) is 11.5 Å². The molecule has 0 N–H and O–H groups in total. The van der Waals surface area contributed by atoms with Crippen LogP contribution in [-0.4, -0.2) is 19.0 Å². The molecule has 0 saturated heterocycles. The molecule has 0 saturated carbocycles. The molecule has 0 spiro atoms. The lowest BCUT2D eigenvalue weighted by Gasteiger charge is -2.07. The minimum absolute atomic E-state index is 0.275. The Balaban J connectivity index is 2.68. The Morgan fingerprint density at radius 1 is 1.44 bits per heavy atom. The quantitative estimate of drug-likeness (QED) is 0.464. The molecular formula is C11H12Cl2O3. The molecule has 0 heterocycles. The second kappa shape index (κ2) is 6.61. The van der Waals surface area contributed by atoms with Crippen LogP contribution in [0.1, 0.15) is 12.8 Å². The molecular weight excluding hydrogens is 251 g/mol. The topological polar surface area (TPSA) is 35.5 Å². The van der Waals surface area contributed by atoms with E-state index >= 15 is 0 Å². The lowest BCUT2D eigenvalue weighted by Crippen LogP contribution is -2.08. The summed E-state index contributed by atoms with van der Waals surface area (Å²) in [7, 11) is 1.53. The maximum Gasteiger partial charge on any atom is 0.311 e. The van der Waals surface area contributed by atoms with E-state index in [1.54, 1.807) is 18.2 Å². The van der Waals surface area contributed by atoms with Gasteiger partial charge in [-0.25, -0.2) is 0 Å². The van der Waals surface area contributed by atoms with E-state index in [2.05, 4.69) is 0 Å². The first-order valence-electron chi connectivity index (χ1n) is 4.77. The van der Waals surface area contributed by atoms with E-state index in [1.165, 1.54) is 7.11 Å². The van der Waals surface area contributed by atoms with Gasteiger partial charge in [0.2, 0.25) is 0 Å². The Morgan fingerprint density at radius 3 is 2.81 bits per heavy atom. The minimum atomic E-state index is -0.351. The van der Waals surface area contributed by atoms with E-state index in [0.29, 0.717) is 28.8 Å². The number of carbonyl (C=O) groups is 1. The molecule has 0 unspecified atom stereocenters. The average Bonchev–Trinajstić information content (AvgIpc) is 2.29. The number of halogens is 2. The highest BCUT2D eigenvalue weighted by atomic mass is 35.5. The van der Waals surface area contributed by atoms with Crippen molar-refractivity contribution in [2.24, 2.45) is 0 Å². The van der Waals surface area contributed by atoms with Crippen molar-refractivity contribution in [3.63, 3.8) is 0 Å². The molecule has 3 nitrogen and oxygen atoms in total. The van der Waals surface area contributed by atoms with Crippen molar-refractivity contribution in [3.05, 3.63) is 23.2 Å². The third-order valence-corrected chi connectivity index (χ3v) is 2.46. The second-order valence-corrected chi connectivity index (χ2v) is 3.85. The number of ether oxygens (including phenoxy) is 2. The monoisotopic (exact) mass is 262 g/mol. The Labute approximate surface area is 104 Å². The zero-order valence-corrected chi connectivity index (χ0v) is 10.3. The summed E-state index contributed by atoms with van der Waals surface area (Å²) in [6, 6.07) is 4.88. The largest absolute Gasteiger partial charge is 0.497 e. The number of carbonyl (C=O) groups excluding carboxylic acids is 1. The van der Waals surface area contributed by atoms with E-state index in [-0.39, 0.29) is 12.4 Å². The van der Waals surface area contributed by atoms with Gasteiger partial charge >= 0.3 is 5.97 Å². The smallest absolute Gasteiger partial charge is 0.311 e. The zero-order valence-electron chi connectivity index (χ0n) is 8.83. The fraction of sp³-hybridized carbons (Fsp3) is 0.364. The van der Waals surface area contributed by atoms with Crippen LogP contribution in [-0.2, 0) is 4.79 Å². The number of esters is 1. The minimum Gasteiger partial charge on any atom is -0.497 e. The van der Waals surface area contributed by atoms with Gasteiger partial charge in [-0.15, -0.1) is 11.6 Å². The SMILES string of the molecule is COc1ccc(Cl)c(OC(=O)CCCCl)c1. The summed E-state index contributed by atoms with van der Waals surface area (Å²) in [5.74, 6) is 0.974. The molecule has 5 heteroatoms. The van der Waals surface area contributed by atoms with Crippen LogP contribution in [0.25, 0.3) is 0 Å².